The molecule has 2 atom stereocenters. The Labute approximate surface area is 142 Å². The minimum absolute atomic E-state index is 0.00856. The zero-order valence-corrected chi connectivity index (χ0v) is 14.2. The normalized spacial score (nSPS) is 27.5. The van der Waals surface area contributed by atoms with Gasteiger partial charge in [0, 0.05) is 17.5 Å². The number of esters is 1. The Kier molecular flexibility index (Phi) is 5.07. The van der Waals surface area contributed by atoms with Crippen LogP contribution in [0.1, 0.15) is 45.4 Å². The molecule has 2 fully saturated rings. The van der Waals surface area contributed by atoms with E-state index in [1.807, 2.05) is 0 Å². The zero-order valence-electron chi connectivity index (χ0n) is 14.2. The molecule has 130 valence electrons. The molecule has 1 heterocycles. The number of alkyl carbamates (subject to hydrolysis) is 1. The molecule has 0 aromatic rings. The Hall–Kier alpha value is -2.04. The number of allylic oxidation sites excluding steroid dienone is 2. The molecule has 1 aliphatic heterocycles. The maximum Gasteiger partial charge on any atom is 0.407 e. The van der Waals surface area contributed by atoms with Gasteiger partial charge in [0.25, 0.3) is 0 Å². The van der Waals surface area contributed by atoms with E-state index in [1.54, 1.807) is 0 Å². The number of fused-ring (bicyclic) bond motifs is 1. The van der Waals surface area contributed by atoms with Crippen LogP contribution in [0.3, 0.4) is 0 Å². The monoisotopic (exact) mass is 331 g/mol. The highest BCUT2D eigenvalue weighted by molar-refractivity contribution is 5.91. The van der Waals surface area contributed by atoms with Crippen LogP contribution in [-0.2, 0) is 14.3 Å². The van der Waals surface area contributed by atoms with Gasteiger partial charge in [-0.15, -0.1) is 0 Å². The average molecular weight is 331 g/mol. The molecule has 1 saturated carbocycles. The molecule has 0 radical (unpaired) electrons. The predicted octanol–water partition coefficient (Wildman–Crippen LogP) is 3.42. The van der Waals surface area contributed by atoms with E-state index in [0.717, 1.165) is 44.1 Å². The SMILES string of the molecule is C=C1C(=O)O[C@@H]2C=C(C)CCC=C(COC(=O)NC3CC3)CC[C@H]12. The van der Waals surface area contributed by atoms with Crippen LogP contribution in [0, 0.1) is 5.92 Å². The molecule has 1 N–H and O–H groups in total. The minimum atomic E-state index is -0.340. The molecule has 5 nitrogen and oxygen atoms in total. The van der Waals surface area contributed by atoms with Crippen molar-refractivity contribution >= 4 is 12.1 Å². The van der Waals surface area contributed by atoms with Crippen molar-refractivity contribution in [3.8, 4) is 0 Å². The van der Waals surface area contributed by atoms with E-state index in [1.165, 1.54) is 5.57 Å². The van der Waals surface area contributed by atoms with Gasteiger partial charge >= 0.3 is 12.1 Å². The van der Waals surface area contributed by atoms with Crippen LogP contribution >= 0.6 is 0 Å². The molecule has 0 aromatic carbocycles. The van der Waals surface area contributed by atoms with E-state index in [2.05, 4.69) is 31.0 Å². The van der Waals surface area contributed by atoms with Crippen LogP contribution in [-0.4, -0.2) is 30.8 Å². The van der Waals surface area contributed by atoms with Crippen LogP contribution in [0.2, 0.25) is 0 Å². The van der Waals surface area contributed by atoms with Crippen molar-refractivity contribution < 1.29 is 19.1 Å². The molecule has 0 spiro atoms. The van der Waals surface area contributed by atoms with Gasteiger partial charge < -0.3 is 14.8 Å². The second-order valence-corrected chi connectivity index (χ2v) is 6.95. The molecule has 0 unspecified atom stereocenters. The molecular formula is C19H25NO4. The summed E-state index contributed by atoms with van der Waals surface area (Å²) < 4.78 is 10.8. The maximum atomic E-state index is 11.8. The number of rotatable bonds is 3. The van der Waals surface area contributed by atoms with Crippen LogP contribution in [0.5, 0.6) is 0 Å². The van der Waals surface area contributed by atoms with E-state index in [4.69, 9.17) is 9.47 Å². The quantitative estimate of drug-likeness (QED) is 0.489. The van der Waals surface area contributed by atoms with E-state index in [9.17, 15) is 9.59 Å². The number of amides is 1. The summed E-state index contributed by atoms with van der Waals surface area (Å²) >= 11 is 0. The molecule has 3 rings (SSSR count). The fourth-order valence-corrected chi connectivity index (χ4v) is 3.16. The van der Waals surface area contributed by atoms with E-state index in [0.29, 0.717) is 18.2 Å². The number of hydrogen-bond acceptors (Lipinski definition) is 4. The molecule has 0 aromatic heterocycles. The number of carbonyl (C=O) groups excluding carboxylic acids is 2. The van der Waals surface area contributed by atoms with Gasteiger partial charge in [-0.1, -0.05) is 18.2 Å². The van der Waals surface area contributed by atoms with Crippen molar-refractivity contribution in [3.63, 3.8) is 0 Å². The fraction of sp³-hybridized carbons (Fsp3) is 0.579. The highest BCUT2D eigenvalue weighted by Gasteiger charge is 2.37. The second-order valence-electron chi connectivity index (χ2n) is 6.95. The van der Waals surface area contributed by atoms with Crippen LogP contribution in [0.15, 0.2) is 35.5 Å². The van der Waals surface area contributed by atoms with Crippen molar-refractivity contribution in [2.45, 2.75) is 57.6 Å². The van der Waals surface area contributed by atoms with Crippen molar-refractivity contribution in [1.82, 2.24) is 5.32 Å². The molecule has 2 aliphatic carbocycles. The number of nitrogens with one attached hydrogen (secondary N) is 1. The molecule has 24 heavy (non-hydrogen) atoms. The highest BCUT2D eigenvalue weighted by Crippen LogP contribution is 2.34. The van der Waals surface area contributed by atoms with E-state index >= 15 is 0 Å². The molecule has 1 amide bonds. The Morgan fingerprint density at radius 2 is 2.17 bits per heavy atom. The largest absolute Gasteiger partial charge is 0.454 e. The lowest BCUT2D eigenvalue weighted by Gasteiger charge is -2.18. The number of ether oxygens (including phenoxy) is 2. The smallest absolute Gasteiger partial charge is 0.407 e. The first kappa shape index (κ1) is 16.8. The van der Waals surface area contributed by atoms with Crippen molar-refractivity contribution in [1.29, 1.82) is 0 Å². The number of carbonyl (C=O) groups is 2. The Balaban J connectivity index is 1.61. The summed E-state index contributed by atoms with van der Waals surface area (Å²) in [5.74, 6) is -0.284. The van der Waals surface area contributed by atoms with E-state index < -0.39 is 0 Å². The van der Waals surface area contributed by atoms with Crippen molar-refractivity contribution in [3.05, 3.63) is 35.5 Å². The first-order chi connectivity index (χ1) is 11.5. The summed E-state index contributed by atoms with van der Waals surface area (Å²) in [6.07, 6.45) is 9.12. The van der Waals surface area contributed by atoms with E-state index in [-0.39, 0.29) is 24.1 Å². The Bertz CT molecular complexity index is 600. The van der Waals surface area contributed by atoms with Gasteiger partial charge in [0.2, 0.25) is 0 Å². The molecule has 3 aliphatic rings. The predicted molar refractivity (Wildman–Crippen MR) is 90.3 cm³/mol. The van der Waals surface area contributed by atoms with Gasteiger partial charge in [0.1, 0.15) is 12.7 Å². The first-order valence-electron chi connectivity index (χ1n) is 8.71. The average Bonchev–Trinajstić information content (AvgIpc) is 3.30. The maximum absolute atomic E-state index is 11.8. The highest BCUT2D eigenvalue weighted by atomic mass is 16.6. The van der Waals surface area contributed by atoms with Crippen molar-refractivity contribution in [2.75, 3.05) is 6.61 Å². The summed E-state index contributed by atoms with van der Waals surface area (Å²) in [6.45, 7) is 6.25. The summed E-state index contributed by atoms with van der Waals surface area (Å²) in [5, 5.41) is 2.82. The topological polar surface area (TPSA) is 64.6 Å². The minimum Gasteiger partial charge on any atom is -0.454 e. The van der Waals surface area contributed by atoms with Crippen LogP contribution < -0.4 is 5.32 Å². The van der Waals surface area contributed by atoms with Crippen LogP contribution in [0.4, 0.5) is 4.79 Å². The summed E-state index contributed by atoms with van der Waals surface area (Å²) in [4.78, 5) is 23.5. The number of hydrogen-bond donors (Lipinski definition) is 1. The third-order valence-electron chi connectivity index (χ3n) is 4.83. The summed E-state index contributed by atoms with van der Waals surface area (Å²) in [6, 6.07) is 0.300. The first-order valence-corrected chi connectivity index (χ1v) is 8.71. The molecule has 5 heteroatoms. The third-order valence-corrected chi connectivity index (χ3v) is 4.83. The Morgan fingerprint density at radius 1 is 1.38 bits per heavy atom. The molecule has 1 saturated heterocycles. The molecular weight excluding hydrogens is 306 g/mol. The van der Waals surface area contributed by atoms with Crippen LogP contribution in [0.25, 0.3) is 0 Å². The molecule has 0 bridgehead atoms. The van der Waals surface area contributed by atoms with Gasteiger partial charge in [-0.2, -0.15) is 0 Å². The van der Waals surface area contributed by atoms with Gasteiger partial charge in [0.15, 0.2) is 0 Å². The standard InChI is InChI=1S/C19H25NO4/c1-12-4-3-5-14(11-23-19(22)20-15-7-8-15)6-9-16-13(2)18(21)24-17(16)10-12/h5,10,15-17H,2-4,6-9,11H2,1H3,(H,20,22)/t16-,17-/m1/s1. The van der Waals surface area contributed by atoms with Gasteiger partial charge in [-0.3, -0.25) is 0 Å². The van der Waals surface area contributed by atoms with Gasteiger partial charge in [-0.25, -0.2) is 9.59 Å². The second kappa shape index (κ2) is 7.24. The zero-order chi connectivity index (χ0) is 17.1. The summed E-state index contributed by atoms with van der Waals surface area (Å²) in [5.41, 5.74) is 2.86. The Morgan fingerprint density at radius 3 is 2.92 bits per heavy atom. The fourth-order valence-electron chi connectivity index (χ4n) is 3.16. The third kappa shape index (κ3) is 4.28. The lowest BCUT2D eigenvalue weighted by atomic mass is 9.88. The van der Waals surface area contributed by atoms with Gasteiger partial charge in [0.05, 0.1) is 0 Å². The lowest BCUT2D eigenvalue weighted by Crippen LogP contribution is -2.27. The lowest BCUT2D eigenvalue weighted by molar-refractivity contribution is -0.137. The summed E-state index contributed by atoms with van der Waals surface area (Å²) in [7, 11) is 0. The van der Waals surface area contributed by atoms with Gasteiger partial charge in [-0.05, 0) is 57.1 Å². The van der Waals surface area contributed by atoms with Crippen molar-refractivity contribution in [2.24, 2.45) is 5.92 Å².